The summed E-state index contributed by atoms with van der Waals surface area (Å²) in [7, 11) is 1.43. The first-order chi connectivity index (χ1) is 9.15. The van der Waals surface area contributed by atoms with Gasteiger partial charge in [-0.05, 0) is 31.0 Å². The van der Waals surface area contributed by atoms with Crippen LogP contribution in [0.5, 0.6) is 5.75 Å². The summed E-state index contributed by atoms with van der Waals surface area (Å²) in [4.78, 5) is 12.6. The Balaban J connectivity index is 2.15. The number of likely N-dealkylation sites (tertiary alicyclic amines) is 1. The molecule has 1 atom stereocenters. The van der Waals surface area contributed by atoms with E-state index < -0.39 is 4.92 Å². The van der Waals surface area contributed by atoms with Crippen molar-refractivity contribution in [1.29, 1.82) is 0 Å². The Morgan fingerprint density at radius 3 is 3.00 bits per heavy atom. The summed E-state index contributed by atoms with van der Waals surface area (Å²) in [5, 5.41) is 20.1. The number of rotatable bonds is 5. The van der Waals surface area contributed by atoms with Gasteiger partial charge in [0.1, 0.15) is 0 Å². The average molecular weight is 266 g/mol. The third kappa shape index (κ3) is 3.02. The molecule has 1 N–H and O–H groups in total. The summed E-state index contributed by atoms with van der Waals surface area (Å²) in [5.74, 6) is 0.280. The first kappa shape index (κ1) is 13.8. The third-order valence-electron chi connectivity index (χ3n) is 3.54. The molecule has 1 fully saturated rings. The molecule has 0 spiro atoms. The Bertz CT molecular complexity index is 464. The van der Waals surface area contributed by atoms with E-state index in [1.54, 1.807) is 12.1 Å². The first-order valence-corrected chi connectivity index (χ1v) is 6.32. The highest BCUT2D eigenvalue weighted by molar-refractivity contribution is 5.48. The van der Waals surface area contributed by atoms with Gasteiger partial charge >= 0.3 is 5.69 Å². The van der Waals surface area contributed by atoms with E-state index in [-0.39, 0.29) is 24.1 Å². The van der Waals surface area contributed by atoms with Crippen LogP contribution in [0.15, 0.2) is 18.2 Å². The number of aliphatic hydroxyl groups is 1. The van der Waals surface area contributed by atoms with Crippen LogP contribution in [0.4, 0.5) is 5.69 Å². The fraction of sp³-hybridized carbons (Fsp3) is 0.538. The van der Waals surface area contributed by atoms with E-state index >= 15 is 0 Å². The Labute approximate surface area is 111 Å². The lowest BCUT2D eigenvalue weighted by atomic mass is 10.1. The topological polar surface area (TPSA) is 75.8 Å². The van der Waals surface area contributed by atoms with Gasteiger partial charge in [0, 0.05) is 18.7 Å². The molecular formula is C13H18N2O4. The minimum atomic E-state index is -0.449. The molecule has 19 heavy (non-hydrogen) atoms. The lowest BCUT2D eigenvalue weighted by Crippen LogP contribution is -2.31. The monoisotopic (exact) mass is 266 g/mol. The van der Waals surface area contributed by atoms with Crippen LogP contribution in [0.1, 0.15) is 18.4 Å². The van der Waals surface area contributed by atoms with Crippen molar-refractivity contribution in [2.75, 3.05) is 20.3 Å². The van der Waals surface area contributed by atoms with E-state index in [1.165, 1.54) is 13.2 Å². The highest BCUT2D eigenvalue weighted by Crippen LogP contribution is 2.29. The number of hydrogen-bond acceptors (Lipinski definition) is 5. The lowest BCUT2D eigenvalue weighted by Gasteiger charge is -2.22. The molecule has 2 rings (SSSR count). The smallest absolute Gasteiger partial charge is 0.310 e. The molecule has 1 aromatic carbocycles. The van der Waals surface area contributed by atoms with Crippen molar-refractivity contribution in [3.8, 4) is 5.75 Å². The maximum Gasteiger partial charge on any atom is 0.310 e. The molecule has 1 heterocycles. The molecule has 6 nitrogen and oxygen atoms in total. The van der Waals surface area contributed by atoms with Crippen LogP contribution >= 0.6 is 0 Å². The third-order valence-corrected chi connectivity index (χ3v) is 3.54. The maximum absolute atomic E-state index is 10.8. The fourth-order valence-electron chi connectivity index (χ4n) is 2.52. The summed E-state index contributed by atoms with van der Waals surface area (Å²) in [6.45, 7) is 1.79. The summed E-state index contributed by atoms with van der Waals surface area (Å²) >= 11 is 0. The van der Waals surface area contributed by atoms with Crippen molar-refractivity contribution in [2.45, 2.75) is 25.4 Å². The van der Waals surface area contributed by atoms with Crippen LogP contribution in [0, 0.1) is 10.1 Å². The number of nitrogens with zero attached hydrogens (tertiary/aromatic N) is 2. The number of nitro groups is 1. The van der Waals surface area contributed by atoms with E-state index in [9.17, 15) is 15.2 Å². The van der Waals surface area contributed by atoms with Crippen LogP contribution in [-0.2, 0) is 6.54 Å². The molecule has 0 aliphatic carbocycles. The second-order valence-electron chi connectivity index (χ2n) is 4.71. The molecule has 1 aliphatic rings. The number of methoxy groups -OCH3 is 1. The van der Waals surface area contributed by atoms with E-state index in [4.69, 9.17) is 4.74 Å². The summed E-state index contributed by atoms with van der Waals surface area (Å²) in [6.07, 6.45) is 2.08. The van der Waals surface area contributed by atoms with Gasteiger partial charge in [0.25, 0.3) is 0 Å². The predicted molar refractivity (Wildman–Crippen MR) is 70.2 cm³/mol. The SMILES string of the molecule is COc1cc(CN2CCC[C@@H]2CO)ccc1[N+](=O)[O-]. The zero-order valence-electron chi connectivity index (χ0n) is 10.9. The molecule has 1 saturated heterocycles. The maximum atomic E-state index is 10.8. The molecule has 6 heteroatoms. The van der Waals surface area contributed by atoms with Crippen LogP contribution < -0.4 is 4.74 Å². The van der Waals surface area contributed by atoms with Crippen LogP contribution in [-0.4, -0.2) is 41.2 Å². The molecule has 1 aliphatic heterocycles. The van der Waals surface area contributed by atoms with Gasteiger partial charge < -0.3 is 9.84 Å². The molecule has 0 unspecified atom stereocenters. The van der Waals surface area contributed by atoms with Gasteiger partial charge in [0.2, 0.25) is 0 Å². The Hall–Kier alpha value is -1.66. The first-order valence-electron chi connectivity index (χ1n) is 6.32. The van der Waals surface area contributed by atoms with Crippen LogP contribution in [0.25, 0.3) is 0 Å². The fourth-order valence-corrected chi connectivity index (χ4v) is 2.52. The largest absolute Gasteiger partial charge is 0.490 e. The minimum Gasteiger partial charge on any atom is -0.490 e. The standard InChI is InChI=1S/C13H18N2O4/c1-19-13-7-10(4-5-12(13)15(17)18)8-14-6-2-3-11(14)9-16/h4-5,7,11,16H,2-3,6,8-9H2,1H3/t11-/m1/s1. The number of aliphatic hydroxyl groups excluding tert-OH is 1. The molecule has 104 valence electrons. The minimum absolute atomic E-state index is 0.0219. The van der Waals surface area contributed by atoms with Crippen LogP contribution in [0.3, 0.4) is 0 Å². The van der Waals surface area contributed by atoms with Crippen molar-refractivity contribution in [1.82, 2.24) is 4.90 Å². The summed E-state index contributed by atoms with van der Waals surface area (Å²) < 4.78 is 5.06. The van der Waals surface area contributed by atoms with Gasteiger partial charge in [-0.1, -0.05) is 6.07 Å². The quantitative estimate of drug-likeness (QED) is 0.646. The lowest BCUT2D eigenvalue weighted by molar-refractivity contribution is -0.385. The molecular weight excluding hydrogens is 248 g/mol. The van der Waals surface area contributed by atoms with Crippen molar-refractivity contribution in [3.05, 3.63) is 33.9 Å². The highest BCUT2D eigenvalue weighted by Gasteiger charge is 2.24. The predicted octanol–water partition coefficient (Wildman–Crippen LogP) is 1.56. The number of hydrogen-bond donors (Lipinski definition) is 1. The summed E-state index contributed by atoms with van der Waals surface area (Å²) in [6, 6.07) is 5.11. The normalized spacial score (nSPS) is 19.6. The average Bonchev–Trinajstić information content (AvgIpc) is 2.85. The zero-order valence-corrected chi connectivity index (χ0v) is 10.9. The Morgan fingerprint density at radius 1 is 1.58 bits per heavy atom. The zero-order chi connectivity index (χ0) is 13.8. The van der Waals surface area contributed by atoms with Gasteiger partial charge in [-0.25, -0.2) is 0 Å². The number of benzene rings is 1. The van der Waals surface area contributed by atoms with Crippen LogP contribution in [0.2, 0.25) is 0 Å². The molecule has 0 radical (unpaired) electrons. The number of nitro benzene ring substituents is 1. The molecule has 0 bridgehead atoms. The van der Waals surface area contributed by atoms with Gasteiger partial charge in [-0.3, -0.25) is 15.0 Å². The second kappa shape index (κ2) is 5.99. The van der Waals surface area contributed by atoms with Crippen molar-refractivity contribution >= 4 is 5.69 Å². The van der Waals surface area contributed by atoms with E-state index in [0.29, 0.717) is 6.54 Å². The van der Waals surface area contributed by atoms with Crippen molar-refractivity contribution in [2.24, 2.45) is 0 Å². The van der Waals surface area contributed by atoms with Gasteiger partial charge in [-0.15, -0.1) is 0 Å². The van der Waals surface area contributed by atoms with Gasteiger partial charge in [0.15, 0.2) is 5.75 Å². The van der Waals surface area contributed by atoms with Crippen molar-refractivity contribution < 1.29 is 14.8 Å². The van der Waals surface area contributed by atoms with Crippen molar-refractivity contribution in [3.63, 3.8) is 0 Å². The highest BCUT2D eigenvalue weighted by atomic mass is 16.6. The molecule has 0 saturated carbocycles. The van der Waals surface area contributed by atoms with E-state index in [0.717, 1.165) is 24.9 Å². The molecule has 1 aromatic rings. The summed E-state index contributed by atoms with van der Waals surface area (Å²) in [5.41, 5.74) is 0.939. The Morgan fingerprint density at radius 2 is 2.37 bits per heavy atom. The molecule has 0 aromatic heterocycles. The molecule has 0 amide bonds. The van der Waals surface area contributed by atoms with E-state index in [2.05, 4.69) is 4.90 Å². The van der Waals surface area contributed by atoms with Gasteiger partial charge in [-0.2, -0.15) is 0 Å². The second-order valence-corrected chi connectivity index (χ2v) is 4.71. The Kier molecular flexibility index (Phi) is 4.34. The number of ether oxygens (including phenoxy) is 1. The van der Waals surface area contributed by atoms with E-state index in [1.807, 2.05) is 0 Å². The van der Waals surface area contributed by atoms with Gasteiger partial charge in [0.05, 0.1) is 18.6 Å².